The first kappa shape index (κ1) is 14.1. The maximum Gasteiger partial charge on any atom is 0.135 e. The van der Waals surface area contributed by atoms with E-state index in [1.165, 1.54) is 0 Å². The number of nitrogens with one attached hydrogen (secondary N) is 2. The molecule has 5 heteroatoms. The van der Waals surface area contributed by atoms with Crippen LogP contribution < -0.4 is 10.6 Å². The molecule has 0 amide bonds. The zero-order valence-electron chi connectivity index (χ0n) is 12.3. The number of anilines is 2. The van der Waals surface area contributed by atoms with Gasteiger partial charge in [0.25, 0.3) is 0 Å². The molecule has 0 bridgehead atoms. The second-order valence-corrected chi connectivity index (χ2v) is 5.66. The lowest BCUT2D eigenvalue weighted by Gasteiger charge is -2.27. The molecule has 5 nitrogen and oxygen atoms in total. The normalized spacial score (nSPS) is 22.8. The largest absolute Gasteiger partial charge is 0.379 e. The van der Waals surface area contributed by atoms with E-state index in [0.29, 0.717) is 5.92 Å². The van der Waals surface area contributed by atoms with E-state index in [1.807, 2.05) is 0 Å². The highest BCUT2D eigenvalue weighted by molar-refractivity contribution is 5.60. The molecule has 1 saturated heterocycles. The Morgan fingerprint density at radius 3 is 2.68 bits per heavy atom. The van der Waals surface area contributed by atoms with Crippen molar-refractivity contribution >= 4 is 11.6 Å². The Kier molecular flexibility index (Phi) is 4.24. The molecule has 1 aliphatic rings. The van der Waals surface area contributed by atoms with Gasteiger partial charge >= 0.3 is 0 Å². The molecule has 0 aliphatic carbocycles. The Hall–Kier alpha value is -1.36. The zero-order chi connectivity index (χ0) is 13.9. The summed E-state index contributed by atoms with van der Waals surface area (Å²) in [6.45, 7) is 11.0. The van der Waals surface area contributed by atoms with Gasteiger partial charge in [-0.05, 0) is 26.2 Å². The van der Waals surface area contributed by atoms with E-state index in [2.05, 4.69) is 48.3 Å². The van der Waals surface area contributed by atoms with Crippen LogP contribution in [0.4, 0.5) is 11.6 Å². The van der Waals surface area contributed by atoms with E-state index in [0.717, 1.165) is 43.4 Å². The fourth-order valence-corrected chi connectivity index (χ4v) is 2.40. The highest BCUT2D eigenvalue weighted by Gasteiger charge is 2.31. The number of hydrogen-bond acceptors (Lipinski definition) is 5. The molecule has 0 saturated carbocycles. The van der Waals surface area contributed by atoms with Crippen LogP contribution in [-0.4, -0.2) is 35.3 Å². The fourth-order valence-electron chi connectivity index (χ4n) is 2.40. The predicted octanol–water partition coefficient (Wildman–Crippen LogP) is 2.62. The van der Waals surface area contributed by atoms with Crippen LogP contribution in [0.2, 0.25) is 0 Å². The third-order valence-electron chi connectivity index (χ3n) is 3.44. The Bertz CT molecular complexity index is 427. The molecule has 1 aromatic rings. The molecular weight excluding hydrogens is 240 g/mol. The third-order valence-corrected chi connectivity index (χ3v) is 3.44. The van der Waals surface area contributed by atoms with Crippen LogP contribution in [0.1, 0.15) is 45.6 Å². The molecule has 0 aromatic carbocycles. The summed E-state index contributed by atoms with van der Waals surface area (Å²) in [6.07, 6.45) is 2.62. The minimum absolute atomic E-state index is 0.0263. The molecule has 1 atom stereocenters. The Labute approximate surface area is 115 Å². The lowest BCUT2D eigenvalue weighted by molar-refractivity contribution is 0.185. The van der Waals surface area contributed by atoms with Crippen molar-refractivity contribution in [3.05, 3.63) is 11.9 Å². The van der Waals surface area contributed by atoms with Gasteiger partial charge in [0.05, 0.1) is 12.1 Å². The molecule has 2 N–H and O–H groups in total. The van der Waals surface area contributed by atoms with Crippen molar-refractivity contribution in [2.24, 2.45) is 0 Å². The van der Waals surface area contributed by atoms with E-state index in [-0.39, 0.29) is 5.54 Å². The van der Waals surface area contributed by atoms with Crippen LogP contribution in [-0.2, 0) is 4.74 Å². The molecule has 0 spiro atoms. The first-order valence-corrected chi connectivity index (χ1v) is 7.00. The summed E-state index contributed by atoms with van der Waals surface area (Å²) in [5.74, 6) is 2.22. The van der Waals surface area contributed by atoms with Gasteiger partial charge in [-0.15, -0.1) is 0 Å². The van der Waals surface area contributed by atoms with E-state index in [9.17, 15) is 0 Å². The average molecular weight is 264 g/mol. The van der Waals surface area contributed by atoms with Gasteiger partial charge < -0.3 is 15.4 Å². The predicted molar refractivity (Wildman–Crippen MR) is 77.7 cm³/mol. The lowest BCUT2D eigenvalue weighted by atomic mass is 9.99. The summed E-state index contributed by atoms with van der Waals surface area (Å²) in [5, 5.41) is 6.86. The maximum atomic E-state index is 5.49. The van der Waals surface area contributed by atoms with Gasteiger partial charge in [-0.25, -0.2) is 9.97 Å². The van der Waals surface area contributed by atoms with Gasteiger partial charge in [0.15, 0.2) is 0 Å². The van der Waals surface area contributed by atoms with Crippen LogP contribution in [0.5, 0.6) is 0 Å². The summed E-state index contributed by atoms with van der Waals surface area (Å²) in [6, 6.07) is 0. The van der Waals surface area contributed by atoms with E-state index in [4.69, 9.17) is 4.74 Å². The SMILES string of the molecule is CCNc1ncnc(NC2(C)CCOC2)c1C(C)C. The van der Waals surface area contributed by atoms with Gasteiger partial charge in [0, 0.05) is 18.7 Å². The van der Waals surface area contributed by atoms with Crippen LogP contribution >= 0.6 is 0 Å². The van der Waals surface area contributed by atoms with Crippen LogP contribution in [0.3, 0.4) is 0 Å². The second kappa shape index (κ2) is 5.74. The molecule has 2 rings (SSSR count). The number of ether oxygens (including phenoxy) is 1. The Morgan fingerprint density at radius 2 is 2.11 bits per heavy atom. The van der Waals surface area contributed by atoms with Crippen molar-refractivity contribution < 1.29 is 4.74 Å². The van der Waals surface area contributed by atoms with Crippen molar-refractivity contribution in [1.29, 1.82) is 0 Å². The first-order valence-electron chi connectivity index (χ1n) is 7.00. The summed E-state index contributed by atoms with van der Waals surface area (Å²) in [5.41, 5.74) is 1.12. The van der Waals surface area contributed by atoms with Gasteiger partial charge in [-0.2, -0.15) is 0 Å². The molecule has 2 heterocycles. The standard InChI is InChI=1S/C14H24N4O/c1-5-15-12-11(10(2)3)13(17-9-16-12)18-14(4)6-7-19-8-14/h9-10H,5-8H2,1-4H3,(H2,15,16,17,18). The highest BCUT2D eigenvalue weighted by atomic mass is 16.5. The Balaban J connectivity index is 2.30. The number of nitrogens with zero attached hydrogens (tertiary/aromatic N) is 2. The fraction of sp³-hybridized carbons (Fsp3) is 0.714. The quantitative estimate of drug-likeness (QED) is 0.856. The number of rotatable bonds is 5. The van der Waals surface area contributed by atoms with Gasteiger partial charge in [-0.3, -0.25) is 0 Å². The average Bonchev–Trinajstić information content (AvgIpc) is 2.76. The minimum Gasteiger partial charge on any atom is -0.379 e. The number of aromatic nitrogens is 2. The molecule has 19 heavy (non-hydrogen) atoms. The number of hydrogen-bond donors (Lipinski definition) is 2. The summed E-state index contributed by atoms with van der Waals surface area (Å²) in [4.78, 5) is 8.79. The molecule has 1 fully saturated rings. The van der Waals surface area contributed by atoms with Crippen LogP contribution in [0.25, 0.3) is 0 Å². The smallest absolute Gasteiger partial charge is 0.135 e. The molecular formula is C14H24N4O. The molecule has 1 aliphatic heterocycles. The van der Waals surface area contributed by atoms with Crippen molar-refractivity contribution in [3.63, 3.8) is 0 Å². The highest BCUT2D eigenvalue weighted by Crippen LogP contribution is 2.31. The van der Waals surface area contributed by atoms with E-state index >= 15 is 0 Å². The monoisotopic (exact) mass is 264 g/mol. The minimum atomic E-state index is -0.0263. The third kappa shape index (κ3) is 3.15. The van der Waals surface area contributed by atoms with Crippen molar-refractivity contribution in [2.45, 2.75) is 45.6 Å². The zero-order valence-corrected chi connectivity index (χ0v) is 12.3. The van der Waals surface area contributed by atoms with Gasteiger partial charge in [0.1, 0.15) is 18.0 Å². The van der Waals surface area contributed by atoms with Crippen molar-refractivity contribution in [1.82, 2.24) is 9.97 Å². The lowest BCUT2D eigenvalue weighted by Crippen LogP contribution is -2.36. The van der Waals surface area contributed by atoms with E-state index in [1.54, 1.807) is 6.33 Å². The van der Waals surface area contributed by atoms with Crippen LogP contribution in [0, 0.1) is 0 Å². The summed E-state index contributed by atoms with van der Waals surface area (Å²) in [7, 11) is 0. The van der Waals surface area contributed by atoms with E-state index < -0.39 is 0 Å². The van der Waals surface area contributed by atoms with Gasteiger partial charge in [0.2, 0.25) is 0 Å². The maximum absolute atomic E-state index is 5.49. The molecule has 1 aromatic heterocycles. The van der Waals surface area contributed by atoms with Crippen LogP contribution in [0.15, 0.2) is 6.33 Å². The summed E-state index contributed by atoms with van der Waals surface area (Å²) < 4.78 is 5.49. The topological polar surface area (TPSA) is 59.1 Å². The molecule has 0 radical (unpaired) electrons. The molecule has 106 valence electrons. The second-order valence-electron chi connectivity index (χ2n) is 5.66. The van der Waals surface area contributed by atoms with Gasteiger partial charge in [-0.1, -0.05) is 13.8 Å². The summed E-state index contributed by atoms with van der Waals surface area (Å²) >= 11 is 0. The van der Waals surface area contributed by atoms with Crippen molar-refractivity contribution in [2.75, 3.05) is 30.4 Å². The van der Waals surface area contributed by atoms with Crippen molar-refractivity contribution in [3.8, 4) is 0 Å². The Morgan fingerprint density at radius 1 is 1.37 bits per heavy atom. The first-order chi connectivity index (χ1) is 9.06. The molecule has 1 unspecified atom stereocenters.